The number of pyridine rings is 1. The first-order valence-corrected chi connectivity index (χ1v) is 8.05. The Labute approximate surface area is 131 Å². The first-order chi connectivity index (χ1) is 10.0. The van der Waals surface area contributed by atoms with Gasteiger partial charge in [-0.1, -0.05) is 24.9 Å². The number of rotatable bonds is 4. The summed E-state index contributed by atoms with van der Waals surface area (Å²) in [6, 6.07) is 3.73. The summed E-state index contributed by atoms with van der Waals surface area (Å²) in [7, 11) is 3.66. The predicted octanol–water partition coefficient (Wildman–Crippen LogP) is 3.82. The maximum atomic E-state index is 12.6. The first-order valence-electron chi connectivity index (χ1n) is 7.67. The first kappa shape index (κ1) is 16.1. The summed E-state index contributed by atoms with van der Waals surface area (Å²) >= 11 is 5.98. The predicted molar refractivity (Wildman–Crippen MR) is 86.9 cm³/mol. The summed E-state index contributed by atoms with van der Waals surface area (Å²) in [6.45, 7) is 2.25. The largest absolute Gasteiger partial charge is 0.373 e. The van der Waals surface area contributed by atoms with Crippen LogP contribution >= 0.6 is 11.6 Å². The van der Waals surface area contributed by atoms with Crippen LogP contribution in [0.25, 0.3) is 0 Å². The Morgan fingerprint density at radius 3 is 2.62 bits per heavy atom. The van der Waals surface area contributed by atoms with E-state index in [0.29, 0.717) is 22.6 Å². The van der Waals surface area contributed by atoms with Gasteiger partial charge in [-0.2, -0.15) is 0 Å². The number of nitrogens with one attached hydrogen (secondary N) is 1. The Balaban J connectivity index is 2.07. The smallest absolute Gasteiger partial charge is 0.254 e. The van der Waals surface area contributed by atoms with Crippen molar-refractivity contribution in [2.24, 2.45) is 5.92 Å². The molecule has 1 aliphatic rings. The Kier molecular flexibility index (Phi) is 5.45. The molecule has 1 aliphatic carbocycles. The van der Waals surface area contributed by atoms with Gasteiger partial charge in [-0.05, 0) is 43.7 Å². The third-order valence-corrected chi connectivity index (χ3v) is 4.75. The molecule has 0 radical (unpaired) electrons. The molecule has 4 nitrogen and oxygen atoms in total. The lowest BCUT2D eigenvalue weighted by atomic mass is 9.84. The molecule has 0 bridgehead atoms. The zero-order valence-electron chi connectivity index (χ0n) is 13.0. The van der Waals surface area contributed by atoms with E-state index < -0.39 is 0 Å². The zero-order valence-corrected chi connectivity index (χ0v) is 13.8. The molecule has 1 heterocycles. The monoisotopic (exact) mass is 309 g/mol. The molecule has 1 fully saturated rings. The van der Waals surface area contributed by atoms with Crippen molar-refractivity contribution in [3.8, 4) is 0 Å². The maximum Gasteiger partial charge on any atom is 0.254 e. The topological polar surface area (TPSA) is 45.2 Å². The summed E-state index contributed by atoms with van der Waals surface area (Å²) in [5.41, 5.74) is 0.597. The number of hydrogen-bond donors (Lipinski definition) is 1. The Bertz CT molecular complexity index is 498. The van der Waals surface area contributed by atoms with E-state index in [2.05, 4.69) is 17.2 Å². The van der Waals surface area contributed by atoms with Crippen molar-refractivity contribution in [3.05, 3.63) is 22.8 Å². The van der Waals surface area contributed by atoms with Crippen LogP contribution in [0.15, 0.2) is 12.1 Å². The average Bonchev–Trinajstić information content (AvgIpc) is 2.52. The standard InChI is InChI=1S/C16H24ClN3O/c1-4-11-5-7-13(8-6-11)20(3)16(21)12-9-14(17)19-15(10-12)18-2/h9-11,13H,4-8H2,1-3H3,(H,18,19). The molecule has 2 rings (SSSR count). The lowest BCUT2D eigenvalue weighted by molar-refractivity contribution is 0.0674. The lowest BCUT2D eigenvalue weighted by Gasteiger charge is -2.34. The van der Waals surface area contributed by atoms with Crippen LogP contribution < -0.4 is 5.32 Å². The van der Waals surface area contributed by atoms with Gasteiger partial charge in [0.05, 0.1) is 0 Å². The molecule has 21 heavy (non-hydrogen) atoms. The van der Waals surface area contributed by atoms with Crippen LogP contribution in [0, 0.1) is 5.92 Å². The zero-order chi connectivity index (χ0) is 15.4. The minimum Gasteiger partial charge on any atom is -0.373 e. The highest BCUT2D eigenvalue weighted by molar-refractivity contribution is 6.29. The number of anilines is 1. The van der Waals surface area contributed by atoms with E-state index in [1.54, 1.807) is 19.2 Å². The highest BCUT2D eigenvalue weighted by Gasteiger charge is 2.26. The molecule has 1 aromatic heterocycles. The number of carbonyl (C=O) groups excluding carboxylic acids is 1. The van der Waals surface area contributed by atoms with E-state index in [0.717, 1.165) is 18.8 Å². The SMILES string of the molecule is CCC1CCC(N(C)C(=O)c2cc(Cl)nc(NC)c2)CC1. The fourth-order valence-corrected chi connectivity index (χ4v) is 3.27. The summed E-state index contributed by atoms with van der Waals surface area (Å²) < 4.78 is 0. The van der Waals surface area contributed by atoms with Gasteiger partial charge in [0.25, 0.3) is 5.91 Å². The molecular weight excluding hydrogens is 286 g/mol. The molecular formula is C16H24ClN3O. The second-order valence-electron chi connectivity index (χ2n) is 5.81. The van der Waals surface area contributed by atoms with Crippen LogP contribution in [0.4, 0.5) is 5.82 Å². The Morgan fingerprint density at radius 2 is 2.05 bits per heavy atom. The van der Waals surface area contributed by atoms with Crippen LogP contribution in [0.1, 0.15) is 49.4 Å². The van der Waals surface area contributed by atoms with E-state index in [9.17, 15) is 4.79 Å². The molecule has 1 amide bonds. The summed E-state index contributed by atoms with van der Waals surface area (Å²) in [4.78, 5) is 18.6. The number of amides is 1. The number of halogens is 1. The molecule has 0 spiro atoms. The minimum atomic E-state index is 0.0238. The summed E-state index contributed by atoms with van der Waals surface area (Å²) in [5, 5.41) is 3.27. The highest BCUT2D eigenvalue weighted by Crippen LogP contribution is 2.29. The Morgan fingerprint density at radius 1 is 1.38 bits per heavy atom. The average molecular weight is 310 g/mol. The van der Waals surface area contributed by atoms with Gasteiger partial charge in [-0.25, -0.2) is 4.98 Å². The van der Waals surface area contributed by atoms with E-state index >= 15 is 0 Å². The molecule has 1 aromatic rings. The van der Waals surface area contributed by atoms with Crippen molar-refractivity contribution in [2.45, 2.75) is 45.1 Å². The van der Waals surface area contributed by atoms with Gasteiger partial charge < -0.3 is 10.2 Å². The number of hydrogen-bond acceptors (Lipinski definition) is 3. The summed E-state index contributed by atoms with van der Waals surface area (Å²) in [6.07, 6.45) is 5.88. The van der Waals surface area contributed by atoms with Crippen LogP contribution in [0.5, 0.6) is 0 Å². The van der Waals surface area contributed by atoms with Crippen molar-refractivity contribution in [1.82, 2.24) is 9.88 Å². The van der Waals surface area contributed by atoms with E-state index in [1.165, 1.54) is 19.3 Å². The molecule has 5 heteroatoms. The van der Waals surface area contributed by atoms with Gasteiger partial charge in [0.15, 0.2) is 0 Å². The molecule has 116 valence electrons. The Hall–Kier alpha value is -1.29. The van der Waals surface area contributed by atoms with Crippen LogP contribution in [0.3, 0.4) is 0 Å². The van der Waals surface area contributed by atoms with E-state index in [4.69, 9.17) is 11.6 Å². The second-order valence-corrected chi connectivity index (χ2v) is 6.20. The van der Waals surface area contributed by atoms with Crippen molar-refractivity contribution in [1.29, 1.82) is 0 Å². The third-order valence-electron chi connectivity index (χ3n) is 4.56. The van der Waals surface area contributed by atoms with Gasteiger partial charge >= 0.3 is 0 Å². The third kappa shape index (κ3) is 3.88. The molecule has 0 saturated heterocycles. The summed E-state index contributed by atoms with van der Waals surface area (Å²) in [5.74, 6) is 1.47. The van der Waals surface area contributed by atoms with Gasteiger partial charge in [-0.15, -0.1) is 0 Å². The van der Waals surface area contributed by atoms with Gasteiger partial charge in [-0.3, -0.25) is 4.79 Å². The molecule has 0 aliphatic heterocycles. The van der Waals surface area contributed by atoms with Gasteiger partial charge in [0, 0.05) is 25.7 Å². The normalized spacial score (nSPS) is 21.9. The van der Waals surface area contributed by atoms with Gasteiger partial charge in [0.1, 0.15) is 11.0 Å². The maximum absolute atomic E-state index is 12.6. The fraction of sp³-hybridized carbons (Fsp3) is 0.625. The van der Waals surface area contributed by atoms with Crippen LogP contribution in [-0.2, 0) is 0 Å². The van der Waals surface area contributed by atoms with E-state index in [1.807, 2.05) is 11.9 Å². The van der Waals surface area contributed by atoms with Crippen molar-refractivity contribution in [2.75, 3.05) is 19.4 Å². The number of carbonyl (C=O) groups is 1. The molecule has 0 atom stereocenters. The minimum absolute atomic E-state index is 0.0238. The van der Waals surface area contributed by atoms with Crippen molar-refractivity contribution >= 4 is 23.3 Å². The van der Waals surface area contributed by atoms with Crippen molar-refractivity contribution in [3.63, 3.8) is 0 Å². The lowest BCUT2D eigenvalue weighted by Crippen LogP contribution is -2.39. The number of aromatic nitrogens is 1. The molecule has 0 aromatic carbocycles. The van der Waals surface area contributed by atoms with Gasteiger partial charge in [0.2, 0.25) is 0 Å². The van der Waals surface area contributed by atoms with Crippen molar-refractivity contribution < 1.29 is 4.79 Å². The van der Waals surface area contributed by atoms with Crippen LogP contribution in [0.2, 0.25) is 5.15 Å². The molecule has 1 N–H and O–H groups in total. The fourth-order valence-electron chi connectivity index (χ4n) is 3.06. The molecule has 1 saturated carbocycles. The van der Waals surface area contributed by atoms with E-state index in [-0.39, 0.29) is 5.91 Å². The quantitative estimate of drug-likeness (QED) is 0.860. The highest BCUT2D eigenvalue weighted by atomic mass is 35.5. The van der Waals surface area contributed by atoms with Crippen LogP contribution in [-0.4, -0.2) is 35.9 Å². The number of nitrogens with zero attached hydrogens (tertiary/aromatic N) is 2. The second kappa shape index (κ2) is 7.12. The molecule has 0 unspecified atom stereocenters.